The Balaban J connectivity index is 1.68. The van der Waals surface area contributed by atoms with Crippen molar-refractivity contribution in [2.75, 3.05) is 13.2 Å². The summed E-state index contributed by atoms with van der Waals surface area (Å²) in [6.45, 7) is 5.24. The van der Waals surface area contributed by atoms with Crippen LogP contribution in [0.25, 0.3) is 0 Å². The molecule has 1 saturated heterocycles. The fourth-order valence-electron chi connectivity index (χ4n) is 3.58. The number of benzene rings is 1. The van der Waals surface area contributed by atoms with E-state index < -0.39 is 5.41 Å². The number of hydrogen-bond acceptors (Lipinski definition) is 4. The van der Waals surface area contributed by atoms with Gasteiger partial charge < -0.3 is 14.9 Å². The molecule has 5 nitrogen and oxygen atoms in total. The first-order valence-corrected chi connectivity index (χ1v) is 9.40. The first kappa shape index (κ1) is 18.8. The number of carbonyl (C=O) groups excluding carboxylic acids is 1. The minimum absolute atomic E-state index is 0.0814. The molecule has 1 aromatic carbocycles. The summed E-state index contributed by atoms with van der Waals surface area (Å²) < 4.78 is 18.9. The minimum Gasteiger partial charge on any atom is -0.392 e. The first-order chi connectivity index (χ1) is 12.5. The third-order valence-electron chi connectivity index (χ3n) is 5.43. The Labute approximate surface area is 153 Å². The van der Waals surface area contributed by atoms with Gasteiger partial charge in [0.15, 0.2) is 0 Å². The molecule has 1 N–H and O–H groups in total. The largest absolute Gasteiger partial charge is 0.392 e. The Hall–Kier alpha value is -1.95. The predicted octanol–water partition coefficient (Wildman–Crippen LogP) is 3.42. The molecule has 26 heavy (non-hydrogen) atoms. The number of oxime groups is 1. The van der Waals surface area contributed by atoms with Crippen LogP contribution in [0, 0.1) is 11.2 Å². The molecule has 3 rings (SSSR count). The molecule has 2 atom stereocenters. The Bertz CT molecular complexity index is 671. The smallest absolute Gasteiger partial charge is 0.226 e. The van der Waals surface area contributed by atoms with E-state index in [0.717, 1.165) is 17.7 Å². The number of halogens is 1. The fraction of sp³-hybridized carbons (Fsp3) is 0.600. The standard InChI is InChI=1S/C20H27FN2O3/c1-3-14(2)22-19(24)20(7-9-25-10-8-20)13-17-12-18(23-26-17)15-5-4-6-16(21)11-15/h4-6,11,14,17H,3,7-10,12-13H2,1-2H3,(H,22,24)/t14-,17+/m0/s1. The highest BCUT2D eigenvalue weighted by molar-refractivity contribution is 6.01. The van der Waals surface area contributed by atoms with Crippen molar-refractivity contribution in [3.8, 4) is 0 Å². The first-order valence-electron chi connectivity index (χ1n) is 9.40. The van der Waals surface area contributed by atoms with Crippen LogP contribution in [0.5, 0.6) is 0 Å². The van der Waals surface area contributed by atoms with Crippen LogP contribution in [-0.2, 0) is 14.4 Å². The predicted molar refractivity (Wildman–Crippen MR) is 97.4 cm³/mol. The van der Waals surface area contributed by atoms with Gasteiger partial charge in [0.2, 0.25) is 5.91 Å². The molecule has 0 saturated carbocycles. The number of ether oxygens (including phenoxy) is 1. The summed E-state index contributed by atoms with van der Waals surface area (Å²) in [4.78, 5) is 18.6. The highest BCUT2D eigenvalue weighted by Crippen LogP contribution is 2.38. The summed E-state index contributed by atoms with van der Waals surface area (Å²) in [5.74, 6) is -0.208. The Morgan fingerprint density at radius 1 is 1.42 bits per heavy atom. The minimum atomic E-state index is -0.487. The molecule has 1 aromatic rings. The molecule has 0 radical (unpaired) electrons. The summed E-state index contributed by atoms with van der Waals surface area (Å²) >= 11 is 0. The van der Waals surface area contributed by atoms with Crippen molar-refractivity contribution in [3.05, 3.63) is 35.6 Å². The lowest BCUT2D eigenvalue weighted by Gasteiger charge is -2.37. The van der Waals surface area contributed by atoms with E-state index in [-0.39, 0.29) is 23.9 Å². The van der Waals surface area contributed by atoms with Crippen LogP contribution >= 0.6 is 0 Å². The van der Waals surface area contributed by atoms with Gasteiger partial charge in [0.1, 0.15) is 11.9 Å². The van der Waals surface area contributed by atoms with Crippen LogP contribution < -0.4 is 5.32 Å². The Kier molecular flexibility index (Phi) is 5.91. The lowest BCUT2D eigenvalue weighted by Crippen LogP contribution is -2.48. The van der Waals surface area contributed by atoms with Gasteiger partial charge in [-0.25, -0.2) is 4.39 Å². The molecule has 1 fully saturated rings. The van der Waals surface area contributed by atoms with Crippen LogP contribution in [0.2, 0.25) is 0 Å². The molecule has 0 aromatic heterocycles. The molecule has 6 heteroatoms. The molecular weight excluding hydrogens is 335 g/mol. The number of rotatable bonds is 6. The van der Waals surface area contributed by atoms with E-state index >= 15 is 0 Å². The van der Waals surface area contributed by atoms with Crippen molar-refractivity contribution in [1.82, 2.24) is 5.32 Å². The summed E-state index contributed by atoms with van der Waals surface area (Å²) in [5, 5.41) is 7.28. The van der Waals surface area contributed by atoms with Gasteiger partial charge in [0.25, 0.3) is 0 Å². The zero-order valence-corrected chi connectivity index (χ0v) is 15.5. The summed E-state index contributed by atoms with van der Waals surface area (Å²) in [6, 6.07) is 6.51. The van der Waals surface area contributed by atoms with Gasteiger partial charge in [-0.2, -0.15) is 0 Å². The summed E-state index contributed by atoms with van der Waals surface area (Å²) in [6.07, 6.45) is 3.28. The van der Waals surface area contributed by atoms with Crippen LogP contribution in [0.4, 0.5) is 4.39 Å². The number of nitrogens with zero attached hydrogens (tertiary/aromatic N) is 1. The molecule has 2 heterocycles. The van der Waals surface area contributed by atoms with Gasteiger partial charge in [0, 0.05) is 37.7 Å². The Morgan fingerprint density at radius 3 is 2.88 bits per heavy atom. The van der Waals surface area contributed by atoms with Crippen molar-refractivity contribution in [2.24, 2.45) is 10.6 Å². The summed E-state index contributed by atoms with van der Waals surface area (Å²) in [5.41, 5.74) is 0.982. The second kappa shape index (κ2) is 8.16. The molecule has 2 aliphatic heterocycles. The maximum absolute atomic E-state index is 13.4. The highest BCUT2D eigenvalue weighted by Gasteiger charge is 2.44. The van der Waals surface area contributed by atoms with E-state index in [0.29, 0.717) is 38.9 Å². The maximum atomic E-state index is 13.4. The lowest BCUT2D eigenvalue weighted by molar-refractivity contribution is -0.140. The van der Waals surface area contributed by atoms with Crippen molar-refractivity contribution in [1.29, 1.82) is 0 Å². The van der Waals surface area contributed by atoms with E-state index in [1.54, 1.807) is 6.07 Å². The zero-order valence-electron chi connectivity index (χ0n) is 15.5. The average molecular weight is 362 g/mol. The van der Waals surface area contributed by atoms with E-state index in [9.17, 15) is 9.18 Å². The third-order valence-corrected chi connectivity index (χ3v) is 5.43. The van der Waals surface area contributed by atoms with Crippen LogP contribution in [0.15, 0.2) is 29.4 Å². The average Bonchev–Trinajstić information content (AvgIpc) is 3.10. The van der Waals surface area contributed by atoms with Crippen molar-refractivity contribution < 1.29 is 18.8 Å². The van der Waals surface area contributed by atoms with Crippen molar-refractivity contribution in [2.45, 2.75) is 58.1 Å². The van der Waals surface area contributed by atoms with E-state index in [1.807, 2.05) is 13.0 Å². The summed E-state index contributed by atoms with van der Waals surface area (Å²) in [7, 11) is 0. The van der Waals surface area contributed by atoms with Crippen LogP contribution in [-0.4, -0.2) is 37.0 Å². The van der Waals surface area contributed by atoms with Crippen LogP contribution in [0.3, 0.4) is 0 Å². The van der Waals surface area contributed by atoms with Crippen molar-refractivity contribution in [3.63, 3.8) is 0 Å². The number of hydrogen-bond donors (Lipinski definition) is 1. The third kappa shape index (κ3) is 4.23. The fourth-order valence-corrected chi connectivity index (χ4v) is 3.58. The Morgan fingerprint density at radius 2 is 2.19 bits per heavy atom. The van der Waals surface area contributed by atoms with Gasteiger partial charge in [-0.1, -0.05) is 24.2 Å². The second-order valence-electron chi connectivity index (χ2n) is 7.36. The molecule has 0 aliphatic carbocycles. The molecule has 0 unspecified atom stereocenters. The molecule has 0 bridgehead atoms. The monoisotopic (exact) mass is 362 g/mol. The van der Waals surface area contributed by atoms with Crippen molar-refractivity contribution >= 4 is 11.6 Å². The van der Waals surface area contributed by atoms with Gasteiger partial charge >= 0.3 is 0 Å². The van der Waals surface area contributed by atoms with Gasteiger partial charge in [-0.05, 0) is 38.3 Å². The molecular formula is C20H27FN2O3. The lowest BCUT2D eigenvalue weighted by atomic mass is 9.74. The molecule has 0 spiro atoms. The molecule has 2 aliphatic rings. The highest BCUT2D eigenvalue weighted by atomic mass is 19.1. The second-order valence-corrected chi connectivity index (χ2v) is 7.36. The van der Waals surface area contributed by atoms with Gasteiger partial charge in [0.05, 0.1) is 11.1 Å². The van der Waals surface area contributed by atoms with Gasteiger partial charge in [-0.3, -0.25) is 4.79 Å². The number of amides is 1. The zero-order chi connectivity index (χ0) is 18.6. The van der Waals surface area contributed by atoms with Gasteiger partial charge in [-0.15, -0.1) is 0 Å². The topological polar surface area (TPSA) is 59.9 Å². The maximum Gasteiger partial charge on any atom is 0.226 e. The number of carbonyl (C=O) groups is 1. The molecule has 142 valence electrons. The van der Waals surface area contributed by atoms with E-state index in [2.05, 4.69) is 17.4 Å². The van der Waals surface area contributed by atoms with E-state index in [1.165, 1.54) is 12.1 Å². The quantitative estimate of drug-likeness (QED) is 0.843. The normalized spacial score (nSPS) is 23.0. The van der Waals surface area contributed by atoms with Crippen LogP contribution in [0.1, 0.15) is 51.5 Å². The number of nitrogens with one attached hydrogen (secondary N) is 1. The molecule has 1 amide bonds. The SMILES string of the molecule is CC[C@H](C)NC(=O)C1(C[C@H]2CC(c3cccc(F)c3)=NO2)CCOCC1. The van der Waals surface area contributed by atoms with E-state index in [4.69, 9.17) is 9.57 Å².